The number of hydrogen-bond donors (Lipinski definition) is 1. The van der Waals surface area contributed by atoms with E-state index in [0.717, 1.165) is 0 Å². The third-order valence-electron chi connectivity index (χ3n) is 0.568. The Balaban J connectivity index is 3.58. The molecule has 0 aromatic carbocycles. The molecular weight excluding hydrogens is 168 g/mol. The first-order valence-electron chi connectivity index (χ1n) is 3.12. The van der Waals surface area contributed by atoms with E-state index in [0.29, 0.717) is 0 Å². The number of carbonyl (C=O) groups is 2. The average Bonchev–Trinajstić information content (AvgIpc) is 1.84. The third kappa shape index (κ3) is 5.63. The van der Waals surface area contributed by atoms with Crippen LogP contribution < -0.4 is 0 Å². The standard InChI is InChI=1S/C6H10O6/c1-6(2,3)11-12-10-5(9)4(7)8/h1-3H3,(H,7,8). The molecule has 0 unspecified atom stereocenters. The summed E-state index contributed by atoms with van der Waals surface area (Å²) < 4.78 is 0. The van der Waals surface area contributed by atoms with Gasteiger partial charge in [-0.05, 0) is 25.8 Å². The fraction of sp³-hybridized carbons (Fsp3) is 0.667. The van der Waals surface area contributed by atoms with E-state index in [9.17, 15) is 9.59 Å². The Morgan fingerprint density at radius 2 is 1.75 bits per heavy atom. The van der Waals surface area contributed by atoms with Crippen molar-refractivity contribution >= 4 is 11.9 Å². The van der Waals surface area contributed by atoms with Crippen molar-refractivity contribution in [1.82, 2.24) is 0 Å². The molecule has 0 rings (SSSR count). The van der Waals surface area contributed by atoms with E-state index in [1.165, 1.54) is 0 Å². The van der Waals surface area contributed by atoms with Crippen LogP contribution in [0.2, 0.25) is 0 Å². The Bertz CT molecular complexity index is 179. The van der Waals surface area contributed by atoms with E-state index in [1.807, 2.05) is 0 Å². The molecule has 0 saturated carbocycles. The molecule has 0 heterocycles. The van der Waals surface area contributed by atoms with Crippen LogP contribution in [-0.4, -0.2) is 22.6 Å². The highest BCUT2D eigenvalue weighted by Crippen LogP contribution is 2.06. The molecule has 0 aromatic heterocycles. The molecule has 0 aromatic rings. The first kappa shape index (κ1) is 10.9. The van der Waals surface area contributed by atoms with Crippen molar-refractivity contribution < 1.29 is 29.5 Å². The van der Waals surface area contributed by atoms with Crippen LogP contribution in [0.1, 0.15) is 20.8 Å². The molecule has 6 nitrogen and oxygen atoms in total. The van der Waals surface area contributed by atoms with Gasteiger partial charge in [0, 0.05) is 0 Å². The molecular formula is C6H10O6. The molecule has 12 heavy (non-hydrogen) atoms. The highest BCUT2D eigenvalue weighted by atomic mass is 17.5. The number of hydrogen-bond acceptors (Lipinski definition) is 5. The number of carboxylic acids is 1. The van der Waals surface area contributed by atoms with Gasteiger partial charge in [-0.1, -0.05) is 0 Å². The fourth-order valence-corrected chi connectivity index (χ4v) is 0.186. The Hall–Kier alpha value is -1.14. The summed E-state index contributed by atoms with van der Waals surface area (Å²) in [6.45, 7) is 4.92. The van der Waals surface area contributed by atoms with Crippen LogP contribution in [0.4, 0.5) is 0 Å². The minimum atomic E-state index is -1.74. The van der Waals surface area contributed by atoms with Gasteiger partial charge in [0.05, 0.1) is 5.60 Å². The molecule has 70 valence electrons. The predicted molar refractivity (Wildman–Crippen MR) is 35.7 cm³/mol. The minimum Gasteiger partial charge on any atom is -0.473 e. The normalized spacial score (nSPS) is 10.9. The summed E-state index contributed by atoms with van der Waals surface area (Å²) in [5, 5.41) is 11.9. The van der Waals surface area contributed by atoms with Crippen LogP contribution in [0.15, 0.2) is 0 Å². The van der Waals surface area contributed by atoms with E-state index in [-0.39, 0.29) is 0 Å². The SMILES string of the molecule is CC(C)(C)OOOC(=O)C(=O)O. The maximum Gasteiger partial charge on any atom is 0.452 e. The monoisotopic (exact) mass is 178 g/mol. The molecule has 0 radical (unpaired) electrons. The zero-order valence-electron chi connectivity index (χ0n) is 6.99. The smallest absolute Gasteiger partial charge is 0.452 e. The first-order chi connectivity index (χ1) is 5.33. The van der Waals surface area contributed by atoms with Crippen LogP contribution >= 0.6 is 0 Å². The van der Waals surface area contributed by atoms with Gasteiger partial charge in [-0.25, -0.2) is 9.59 Å². The van der Waals surface area contributed by atoms with Crippen molar-refractivity contribution in [3.05, 3.63) is 0 Å². The Kier molecular flexibility index (Phi) is 3.65. The lowest BCUT2D eigenvalue weighted by molar-refractivity contribution is -0.513. The molecule has 0 aliphatic carbocycles. The first-order valence-corrected chi connectivity index (χ1v) is 3.12. The Morgan fingerprint density at radius 3 is 2.08 bits per heavy atom. The van der Waals surface area contributed by atoms with Crippen molar-refractivity contribution in [2.45, 2.75) is 26.4 Å². The third-order valence-corrected chi connectivity index (χ3v) is 0.568. The second-order valence-corrected chi connectivity index (χ2v) is 2.94. The number of carbonyl (C=O) groups excluding carboxylic acids is 1. The molecule has 0 fully saturated rings. The summed E-state index contributed by atoms with van der Waals surface area (Å²) in [7, 11) is 0. The summed E-state index contributed by atoms with van der Waals surface area (Å²) in [6.07, 6.45) is 0. The Labute approximate surface area is 68.9 Å². The van der Waals surface area contributed by atoms with Crippen LogP contribution in [0.3, 0.4) is 0 Å². The molecule has 0 spiro atoms. The van der Waals surface area contributed by atoms with Crippen LogP contribution in [0, 0.1) is 0 Å². The molecule has 0 bridgehead atoms. The van der Waals surface area contributed by atoms with E-state index < -0.39 is 17.5 Å². The second-order valence-electron chi connectivity index (χ2n) is 2.94. The van der Waals surface area contributed by atoms with E-state index in [2.05, 4.69) is 14.8 Å². The molecule has 1 N–H and O–H groups in total. The summed E-state index contributed by atoms with van der Waals surface area (Å²) in [5.74, 6) is -3.27. The zero-order chi connectivity index (χ0) is 9.78. The van der Waals surface area contributed by atoms with Crippen LogP contribution in [0.5, 0.6) is 0 Å². The van der Waals surface area contributed by atoms with E-state index >= 15 is 0 Å². The van der Waals surface area contributed by atoms with Crippen molar-refractivity contribution in [2.75, 3.05) is 0 Å². The lowest BCUT2D eigenvalue weighted by atomic mass is 10.2. The quantitative estimate of drug-likeness (QED) is 0.371. The molecule has 0 amide bonds. The van der Waals surface area contributed by atoms with Crippen LogP contribution in [-0.2, 0) is 24.4 Å². The van der Waals surface area contributed by atoms with Gasteiger partial charge in [-0.3, -0.25) is 4.89 Å². The second kappa shape index (κ2) is 4.03. The summed E-state index contributed by atoms with van der Waals surface area (Å²) in [4.78, 5) is 28.2. The van der Waals surface area contributed by atoms with Crippen molar-refractivity contribution in [1.29, 1.82) is 0 Å². The highest BCUT2D eigenvalue weighted by molar-refractivity contribution is 6.28. The lowest BCUT2D eigenvalue weighted by Crippen LogP contribution is -2.23. The minimum absolute atomic E-state index is 0.668. The van der Waals surface area contributed by atoms with Crippen molar-refractivity contribution in [3.8, 4) is 0 Å². The van der Waals surface area contributed by atoms with Crippen molar-refractivity contribution in [3.63, 3.8) is 0 Å². The van der Waals surface area contributed by atoms with Gasteiger partial charge in [-0.2, -0.15) is 4.89 Å². The van der Waals surface area contributed by atoms with Gasteiger partial charge in [-0.15, -0.1) is 0 Å². The number of carboxylic acid groups (broad SMARTS) is 1. The maximum atomic E-state index is 10.2. The molecule has 0 atom stereocenters. The van der Waals surface area contributed by atoms with Crippen molar-refractivity contribution in [2.24, 2.45) is 0 Å². The van der Waals surface area contributed by atoms with E-state index in [4.69, 9.17) is 5.11 Å². The topological polar surface area (TPSA) is 82.1 Å². The maximum absolute atomic E-state index is 10.2. The molecule has 6 heteroatoms. The molecule has 0 aliphatic rings. The predicted octanol–water partition coefficient (Wildman–Crippen LogP) is 0.276. The summed E-state index contributed by atoms with van der Waals surface area (Å²) >= 11 is 0. The highest BCUT2D eigenvalue weighted by Gasteiger charge is 2.18. The summed E-state index contributed by atoms with van der Waals surface area (Å²) in [6, 6.07) is 0. The Morgan fingerprint density at radius 1 is 1.25 bits per heavy atom. The van der Waals surface area contributed by atoms with Gasteiger partial charge in [0.2, 0.25) is 0 Å². The van der Waals surface area contributed by atoms with Gasteiger partial charge >= 0.3 is 11.9 Å². The average molecular weight is 178 g/mol. The van der Waals surface area contributed by atoms with Gasteiger partial charge in [0.15, 0.2) is 0 Å². The van der Waals surface area contributed by atoms with Gasteiger partial charge < -0.3 is 5.11 Å². The van der Waals surface area contributed by atoms with Crippen LogP contribution in [0.25, 0.3) is 0 Å². The lowest BCUT2D eigenvalue weighted by Gasteiger charge is -2.14. The fourth-order valence-electron chi connectivity index (χ4n) is 0.186. The van der Waals surface area contributed by atoms with E-state index in [1.54, 1.807) is 20.8 Å². The number of aliphatic carboxylic acids is 1. The summed E-state index contributed by atoms with van der Waals surface area (Å²) in [5.41, 5.74) is -0.668. The zero-order valence-corrected chi connectivity index (χ0v) is 6.99. The number of rotatable bonds is 2. The van der Waals surface area contributed by atoms with Gasteiger partial charge in [0.25, 0.3) is 0 Å². The molecule has 0 saturated heterocycles. The van der Waals surface area contributed by atoms with Gasteiger partial charge in [0.1, 0.15) is 0 Å². The largest absolute Gasteiger partial charge is 0.473 e. The molecule has 0 aliphatic heterocycles.